The van der Waals surface area contributed by atoms with Crippen molar-refractivity contribution in [3.8, 4) is 0 Å². The highest BCUT2D eigenvalue weighted by Crippen LogP contribution is 2.21. The maximum atomic E-state index is 11.7. The van der Waals surface area contributed by atoms with Crippen molar-refractivity contribution in [3.05, 3.63) is 47.5 Å². The van der Waals surface area contributed by atoms with E-state index in [0.717, 1.165) is 0 Å². The van der Waals surface area contributed by atoms with Crippen molar-refractivity contribution < 1.29 is 24.2 Å². The Labute approximate surface area is 133 Å². The Kier molecular flexibility index (Phi) is 7.32. The lowest BCUT2D eigenvalue weighted by molar-refractivity contribution is -0.159. The molecular formula is C16H17ClO5. The number of carboxylic acid groups (broad SMARTS) is 1. The van der Waals surface area contributed by atoms with Gasteiger partial charge in [-0.25, -0.2) is 9.59 Å². The van der Waals surface area contributed by atoms with E-state index in [9.17, 15) is 14.4 Å². The third-order valence-corrected chi connectivity index (χ3v) is 3.32. The molecule has 0 aliphatic carbocycles. The van der Waals surface area contributed by atoms with E-state index in [4.69, 9.17) is 16.7 Å². The molecule has 0 saturated carbocycles. The molecule has 0 aliphatic heterocycles. The number of halogens is 1. The van der Waals surface area contributed by atoms with Crippen LogP contribution < -0.4 is 0 Å². The predicted molar refractivity (Wildman–Crippen MR) is 81.4 cm³/mol. The summed E-state index contributed by atoms with van der Waals surface area (Å²) in [4.78, 5) is 33.8. The second-order valence-corrected chi connectivity index (χ2v) is 5.09. The number of benzene rings is 1. The van der Waals surface area contributed by atoms with Crippen molar-refractivity contribution in [3.63, 3.8) is 0 Å². The third kappa shape index (κ3) is 6.10. The molecule has 6 heteroatoms. The monoisotopic (exact) mass is 324 g/mol. The van der Waals surface area contributed by atoms with Gasteiger partial charge in [0.1, 0.15) is 0 Å². The maximum Gasteiger partial charge on any atom is 0.336 e. The van der Waals surface area contributed by atoms with E-state index in [0.29, 0.717) is 18.4 Å². The topological polar surface area (TPSA) is 80.7 Å². The lowest BCUT2D eigenvalue weighted by Crippen LogP contribution is -2.16. The molecule has 22 heavy (non-hydrogen) atoms. The van der Waals surface area contributed by atoms with Gasteiger partial charge < -0.3 is 9.84 Å². The molecule has 0 aliphatic rings. The van der Waals surface area contributed by atoms with Crippen LogP contribution in [0.1, 0.15) is 37.1 Å². The Bertz CT molecular complexity index is 565. The summed E-state index contributed by atoms with van der Waals surface area (Å²) in [6.45, 7) is 1.47. The van der Waals surface area contributed by atoms with Crippen LogP contribution >= 0.6 is 11.6 Å². The lowest BCUT2D eigenvalue weighted by Gasteiger charge is -2.08. The molecule has 1 rings (SSSR count). The van der Waals surface area contributed by atoms with Crippen molar-refractivity contribution in [2.24, 2.45) is 0 Å². The van der Waals surface area contributed by atoms with Gasteiger partial charge in [-0.1, -0.05) is 36.4 Å². The van der Waals surface area contributed by atoms with E-state index in [1.807, 2.05) is 0 Å². The van der Waals surface area contributed by atoms with Gasteiger partial charge in [0.05, 0.1) is 0 Å². The van der Waals surface area contributed by atoms with Crippen molar-refractivity contribution in [2.75, 3.05) is 0 Å². The molecule has 1 aromatic carbocycles. The van der Waals surface area contributed by atoms with Gasteiger partial charge in [-0.05, 0) is 25.3 Å². The zero-order valence-corrected chi connectivity index (χ0v) is 12.9. The first kappa shape index (κ1) is 17.9. The summed E-state index contributed by atoms with van der Waals surface area (Å²) in [6, 6.07) is 8.59. The summed E-state index contributed by atoms with van der Waals surface area (Å²) in [6.07, 6.45) is 2.36. The molecule has 0 radical (unpaired) electrons. The second kappa shape index (κ2) is 9.00. The Morgan fingerprint density at radius 3 is 2.50 bits per heavy atom. The van der Waals surface area contributed by atoms with Crippen molar-refractivity contribution in [2.45, 2.75) is 31.6 Å². The van der Waals surface area contributed by atoms with Crippen LogP contribution in [0.4, 0.5) is 0 Å². The van der Waals surface area contributed by atoms with Crippen molar-refractivity contribution in [1.82, 2.24) is 0 Å². The zero-order valence-electron chi connectivity index (χ0n) is 12.1. The quantitative estimate of drug-likeness (QED) is 0.274. The molecule has 1 aromatic rings. The first-order valence-electron chi connectivity index (χ1n) is 6.75. The van der Waals surface area contributed by atoms with Crippen LogP contribution in [0.25, 0.3) is 0 Å². The van der Waals surface area contributed by atoms with E-state index in [1.165, 1.54) is 13.0 Å². The van der Waals surface area contributed by atoms with Gasteiger partial charge in [-0.2, -0.15) is 0 Å². The summed E-state index contributed by atoms with van der Waals surface area (Å²) < 4.78 is 4.67. The van der Waals surface area contributed by atoms with E-state index in [1.54, 1.807) is 30.3 Å². The normalized spacial score (nSPS) is 12.5. The van der Waals surface area contributed by atoms with Crippen LogP contribution in [-0.2, 0) is 19.1 Å². The van der Waals surface area contributed by atoms with Crippen LogP contribution in [0.3, 0.4) is 0 Å². The minimum Gasteiger partial charge on any atom is -0.478 e. The molecule has 0 saturated heterocycles. The molecule has 1 unspecified atom stereocenters. The number of allylic oxidation sites excluding steroid dienone is 1. The third-order valence-electron chi connectivity index (χ3n) is 2.89. The Hall–Kier alpha value is -2.14. The largest absolute Gasteiger partial charge is 0.478 e. The molecule has 5 nitrogen and oxygen atoms in total. The molecule has 118 valence electrons. The smallest absolute Gasteiger partial charge is 0.336 e. The van der Waals surface area contributed by atoms with E-state index in [-0.39, 0.29) is 12.0 Å². The lowest BCUT2D eigenvalue weighted by atomic mass is 10.1. The Balaban J connectivity index is 2.37. The number of alkyl halides is 1. The molecular weight excluding hydrogens is 308 g/mol. The van der Waals surface area contributed by atoms with Crippen molar-refractivity contribution in [1.29, 1.82) is 0 Å². The van der Waals surface area contributed by atoms with E-state index < -0.39 is 23.3 Å². The van der Waals surface area contributed by atoms with Crippen LogP contribution in [0.2, 0.25) is 0 Å². The molecule has 1 N–H and O–H groups in total. The van der Waals surface area contributed by atoms with E-state index >= 15 is 0 Å². The van der Waals surface area contributed by atoms with Crippen LogP contribution in [0.5, 0.6) is 0 Å². The fraction of sp³-hybridized carbons (Fsp3) is 0.312. The van der Waals surface area contributed by atoms with Crippen molar-refractivity contribution >= 4 is 29.5 Å². The molecule has 0 fully saturated rings. The molecule has 0 heterocycles. The van der Waals surface area contributed by atoms with Gasteiger partial charge in [-0.15, -0.1) is 11.6 Å². The highest BCUT2D eigenvalue weighted by molar-refractivity contribution is 6.30. The number of hydrogen-bond acceptors (Lipinski definition) is 4. The zero-order chi connectivity index (χ0) is 16.5. The summed E-state index contributed by atoms with van der Waals surface area (Å²) in [5.41, 5.74) is 0.774. The summed E-state index contributed by atoms with van der Waals surface area (Å²) in [7, 11) is 0. The second-order valence-electron chi connectivity index (χ2n) is 4.65. The fourth-order valence-corrected chi connectivity index (χ4v) is 1.82. The molecule has 0 bridgehead atoms. The number of carbonyl (C=O) groups excluding carboxylic acids is 2. The Morgan fingerprint density at radius 2 is 1.91 bits per heavy atom. The minimum atomic E-state index is -1.03. The molecule has 0 spiro atoms. The average Bonchev–Trinajstić information content (AvgIpc) is 2.51. The average molecular weight is 325 g/mol. The summed E-state index contributed by atoms with van der Waals surface area (Å²) >= 11 is 5.94. The molecule has 0 aromatic heterocycles. The first-order chi connectivity index (χ1) is 10.4. The minimum absolute atomic E-state index is 0.0214. The maximum absolute atomic E-state index is 11.7. The Morgan fingerprint density at radius 1 is 1.27 bits per heavy atom. The summed E-state index contributed by atoms with van der Waals surface area (Å²) in [5, 5.41) is 7.63. The predicted octanol–water partition coefficient (Wildman–Crippen LogP) is 3.24. The standard InChI is InChI=1S/C16H17ClO5/c1-11(15(19)20)7-5-6-10-13(18)22-16(21)14(17)12-8-3-2-4-9-12/h2-4,7-9,14H,5-6,10H2,1H3,(H,19,20). The number of esters is 2. The SMILES string of the molecule is CC(=CCCCC(=O)OC(=O)C(Cl)c1ccccc1)C(=O)O. The van der Waals surface area contributed by atoms with Gasteiger partial charge in [0.25, 0.3) is 0 Å². The fourth-order valence-electron chi connectivity index (χ4n) is 1.63. The number of aliphatic carboxylic acids is 1. The highest BCUT2D eigenvalue weighted by Gasteiger charge is 2.21. The number of rotatable bonds is 7. The highest BCUT2D eigenvalue weighted by atomic mass is 35.5. The first-order valence-corrected chi connectivity index (χ1v) is 7.19. The molecule has 1 atom stereocenters. The van der Waals surface area contributed by atoms with Crippen LogP contribution in [0, 0.1) is 0 Å². The van der Waals surface area contributed by atoms with Gasteiger partial charge in [-0.3, -0.25) is 4.79 Å². The van der Waals surface area contributed by atoms with Gasteiger partial charge >= 0.3 is 17.9 Å². The number of ether oxygens (including phenoxy) is 1. The van der Waals surface area contributed by atoms with E-state index in [2.05, 4.69) is 4.74 Å². The molecule has 0 amide bonds. The number of carbonyl (C=O) groups is 3. The van der Waals surface area contributed by atoms with Crippen LogP contribution in [0.15, 0.2) is 42.0 Å². The summed E-state index contributed by atoms with van der Waals surface area (Å²) in [5.74, 6) is -2.48. The van der Waals surface area contributed by atoms with Gasteiger partial charge in [0.15, 0.2) is 5.38 Å². The van der Waals surface area contributed by atoms with Crippen LogP contribution in [-0.4, -0.2) is 23.0 Å². The number of carboxylic acids is 1. The van der Waals surface area contributed by atoms with Gasteiger partial charge in [0.2, 0.25) is 0 Å². The number of unbranched alkanes of at least 4 members (excludes halogenated alkanes) is 1. The van der Waals surface area contributed by atoms with Gasteiger partial charge in [0, 0.05) is 12.0 Å². The number of hydrogen-bond donors (Lipinski definition) is 1.